The minimum atomic E-state index is -1.46. The summed E-state index contributed by atoms with van der Waals surface area (Å²) < 4.78 is 14.2. The van der Waals surface area contributed by atoms with Gasteiger partial charge in [-0.2, -0.15) is 0 Å². The maximum atomic E-state index is 14.2. The fourth-order valence-electron chi connectivity index (χ4n) is 4.91. The second-order valence-electron chi connectivity index (χ2n) is 7.65. The van der Waals surface area contributed by atoms with Gasteiger partial charge >= 0.3 is 0 Å². The molecule has 2 aliphatic heterocycles. The summed E-state index contributed by atoms with van der Waals surface area (Å²) in [5, 5.41) is 18.4. The second-order valence-corrected chi connectivity index (χ2v) is 7.65. The Morgan fingerprint density at radius 3 is 2.20 bits per heavy atom. The van der Waals surface area contributed by atoms with Crippen molar-refractivity contribution < 1.29 is 14.1 Å². The Kier molecular flexibility index (Phi) is 4.15. The van der Waals surface area contributed by atoms with E-state index in [9.17, 15) is 19.3 Å². The van der Waals surface area contributed by atoms with Crippen molar-refractivity contribution in [2.75, 3.05) is 5.32 Å². The maximum absolute atomic E-state index is 14.2. The lowest BCUT2D eigenvalue weighted by Gasteiger charge is -2.29. The van der Waals surface area contributed by atoms with Crippen LogP contribution in [0.3, 0.4) is 0 Å². The SMILES string of the molecule is O=C1Nc2ccc(F)cc2[C@@]12N[C@@H](c1ccccc1)[C@@H]([N+](=O)[O-])[C@@H]2c1ccccc1. The number of hydrogen-bond donors (Lipinski definition) is 2. The van der Waals surface area contributed by atoms with E-state index in [0.717, 1.165) is 0 Å². The van der Waals surface area contributed by atoms with E-state index in [0.29, 0.717) is 22.4 Å². The van der Waals surface area contributed by atoms with Gasteiger partial charge in [-0.1, -0.05) is 60.7 Å². The molecule has 3 aromatic rings. The van der Waals surface area contributed by atoms with Gasteiger partial charge in [0.1, 0.15) is 17.4 Å². The Morgan fingerprint density at radius 2 is 1.57 bits per heavy atom. The Hall–Kier alpha value is -3.58. The molecule has 150 valence electrons. The minimum absolute atomic E-state index is 0.332. The van der Waals surface area contributed by atoms with Crippen LogP contribution in [0.25, 0.3) is 0 Å². The molecule has 0 radical (unpaired) electrons. The summed E-state index contributed by atoms with van der Waals surface area (Å²) in [7, 11) is 0. The molecule has 1 fully saturated rings. The molecule has 2 heterocycles. The molecule has 7 heteroatoms. The molecule has 3 aromatic carbocycles. The number of carbonyl (C=O) groups excluding carboxylic acids is 1. The molecule has 30 heavy (non-hydrogen) atoms. The van der Waals surface area contributed by atoms with Crippen LogP contribution >= 0.6 is 0 Å². The van der Waals surface area contributed by atoms with E-state index in [2.05, 4.69) is 10.6 Å². The molecule has 1 saturated heterocycles. The highest BCUT2D eigenvalue weighted by atomic mass is 19.1. The standard InChI is InChI=1S/C23H18FN3O3/c24-16-11-12-18-17(13-16)23(22(28)25-18)19(14-7-3-1-4-8-14)21(27(29)30)20(26-23)15-9-5-2-6-10-15/h1-13,19-21,26H,(H,25,28)/t19-,20-,21-,23-/m0/s1. The van der Waals surface area contributed by atoms with Crippen LogP contribution in [0.5, 0.6) is 0 Å². The molecule has 0 bridgehead atoms. The summed E-state index contributed by atoms with van der Waals surface area (Å²) in [6.07, 6.45) is 0. The zero-order chi connectivity index (χ0) is 20.9. The van der Waals surface area contributed by atoms with Crippen molar-refractivity contribution in [2.45, 2.75) is 23.5 Å². The number of benzene rings is 3. The van der Waals surface area contributed by atoms with Gasteiger partial charge < -0.3 is 5.32 Å². The van der Waals surface area contributed by atoms with E-state index in [1.54, 1.807) is 48.5 Å². The lowest BCUT2D eigenvalue weighted by Crippen LogP contribution is -2.48. The van der Waals surface area contributed by atoms with Crippen LogP contribution in [0.1, 0.15) is 28.7 Å². The lowest BCUT2D eigenvalue weighted by atomic mass is 9.74. The molecule has 2 aliphatic rings. The molecule has 0 saturated carbocycles. The van der Waals surface area contributed by atoms with E-state index < -0.39 is 35.3 Å². The first kappa shape index (κ1) is 18.4. The van der Waals surface area contributed by atoms with Gasteiger partial charge in [0.25, 0.3) is 0 Å². The first-order chi connectivity index (χ1) is 14.5. The molecule has 6 nitrogen and oxygen atoms in total. The molecule has 5 rings (SSSR count). The first-order valence-corrected chi connectivity index (χ1v) is 9.65. The van der Waals surface area contributed by atoms with E-state index in [1.807, 2.05) is 12.1 Å². The number of nitrogens with one attached hydrogen (secondary N) is 2. The van der Waals surface area contributed by atoms with Gasteiger partial charge in [0.05, 0.1) is 5.92 Å². The van der Waals surface area contributed by atoms with Crippen molar-refractivity contribution >= 4 is 11.6 Å². The van der Waals surface area contributed by atoms with Crippen molar-refractivity contribution in [3.05, 3.63) is 111 Å². The van der Waals surface area contributed by atoms with Crippen molar-refractivity contribution in [2.24, 2.45) is 0 Å². The van der Waals surface area contributed by atoms with E-state index in [-0.39, 0.29) is 4.92 Å². The molecule has 2 N–H and O–H groups in total. The Labute approximate surface area is 171 Å². The van der Waals surface area contributed by atoms with Crippen LogP contribution in [0.15, 0.2) is 78.9 Å². The van der Waals surface area contributed by atoms with Gasteiger partial charge in [0.15, 0.2) is 0 Å². The highest BCUT2D eigenvalue weighted by molar-refractivity contribution is 6.07. The van der Waals surface area contributed by atoms with Crippen LogP contribution < -0.4 is 10.6 Å². The van der Waals surface area contributed by atoms with Crippen LogP contribution in [0, 0.1) is 15.9 Å². The predicted octanol–water partition coefficient (Wildman–Crippen LogP) is 3.75. The lowest BCUT2D eigenvalue weighted by molar-refractivity contribution is -0.527. The molecule has 0 aliphatic carbocycles. The normalized spacial score (nSPS) is 27.1. The summed E-state index contributed by atoms with van der Waals surface area (Å²) in [5.41, 5.74) is 0.751. The van der Waals surface area contributed by atoms with Gasteiger partial charge in [-0.3, -0.25) is 20.2 Å². The Morgan fingerprint density at radius 1 is 0.933 bits per heavy atom. The summed E-state index contributed by atoms with van der Waals surface area (Å²) in [6, 6.07) is 20.2. The quantitative estimate of drug-likeness (QED) is 0.515. The van der Waals surface area contributed by atoms with Gasteiger partial charge in [0, 0.05) is 16.2 Å². The molecular weight excluding hydrogens is 385 g/mol. The molecule has 0 unspecified atom stereocenters. The summed E-state index contributed by atoms with van der Waals surface area (Å²) in [5.74, 6) is -1.75. The zero-order valence-electron chi connectivity index (χ0n) is 15.8. The van der Waals surface area contributed by atoms with Crippen molar-refractivity contribution in [1.82, 2.24) is 5.32 Å². The fourth-order valence-corrected chi connectivity index (χ4v) is 4.91. The molecule has 4 atom stereocenters. The number of rotatable bonds is 3. The number of fused-ring (bicyclic) bond motifs is 2. The molecule has 1 amide bonds. The number of amides is 1. The van der Waals surface area contributed by atoms with Gasteiger partial charge in [0.2, 0.25) is 11.9 Å². The average Bonchev–Trinajstić information content (AvgIpc) is 3.26. The maximum Gasteiger partial charge on any atom is 0.250 e. The summed E-state index contributed by atoms with van der Waals surface area (Å²) >= 11 is 0. The number of carbonyl (C=O) groups is 1. The third-order valence-corrected chi connectivity index (χ3v) is 6.11. The van der Waals surface area contributed by atoms with Crippen LogP contribution in [0.4, 0.5) is 10.1 Å². The molecular formula is C23H18FN3O3. The second kappa shape index (κ2) is 6.74. The largest absolute Gasteiger partial charge is 0.324 e. The highest BCUT2D eigenvalue weighted by Gasteiger charge is 2.66. The van der Waals surface area contributed by atoms with E-state index in [4.69, 9.17) is 0 Å². The molecule has 1 spiro atoms. The fraction of sp³-hybridized carbons (Fsp3) is 0.174. The van der Waals surface area contributed by atoms with Gasteiger partial charge in [-0.05, 0) is 29.3 Å². The van der Waals surface area contributed by atoms with Crippen molar-refractivity contribution in [3.8, 4) is 0 Å². The third-order valence-electron chi connectivity index (χ3n) is 6.11. The monoisotopic (exact) mass is 403 g/mol. The summed E-state index contributed by atoms with van der Waals surface area (Å²) in [4.78, 5) is 25.4. The number of nitrogens with zero attached hydrogens (tertiary/aromatic N) is 1. The Bertz CT molecular complexity index is 1140. The number of anilines is 1. The zero-order valence-corrected chi connectivity index (χ0v) is 15.8. The molecule has 0 aromatic heterocycles. The smallest absolute Gasteiger partial charge is 0.250 e. The van der Waals surface area contributed by atoms with Gasteiger partial charge in [-0.15, -0.1) is 0 Å². The van der Waals surface area contributed by atoms with Crippen molar-refractivity contribution in [3.63, 3.8) is 0 Å². The van der Waals surface area contributed by atoms with Crippen molar-refractivity contribution in [1.29, 1.82) is 0 Å². The van der Waals surface area contributed by atoms with E-state index in [1.165, 1.54) is 18.2 Å². The van der Waals surface area contributed by atoms with Gasteiger partial charge in [-0.25, -0.2) is 4.39 Å². The predicted molar refractivity (Wildman–Crippen MR) is 109 cm³/mol. The Balaban J connectivity index is 1.79. The summed E-state index contributed by atoms with van der Waals surface area (Å²) in [6.45, 7) is 0. The van der Waals surface area contributed by atoms with Crippen LogP contribution in [-0.4, -0.2) is 16.9 Å². The average molecular weight is 403 g/mol. The minimum Gasteiger partial charge on any atom is -0.324 e. The number of halogens is 1. The van der Waals surface area contributed by atoms with Crippen LogP contribution in [-0.2, 0) is 10.3 Å². The highest BCUT2D eigenvalue weighted by Crippen LogP contribution is 2.55. The number of hydrogen-bond acceptors (Lipinski definition) is 4. The first-order valence-electron chi connectivity index (χ1n) is 9.65. The van der Waals surface area contributed by atoms with E-state index >= 15 is 0 Å². The van der Waals surface area contributed by atoms with Crippen LogP contribution in [0.2, 0.25) is 0 Å². The topological polar surface area (TPSA) is 84.3 Å². The number of nitro groups is 1. The third kappa shape index (κ3) is 2.55.